The first-order valence-electron chi connectivity index (χ1n) is 14.6. The average Bonchev–Trinajstić information content (AvgIpc) is 3.53. The van der Waals surface area contributed by atoms with E-state index in [1.165, 1.54) is 0 Å². The number of thioether (sulfide) groups is 1. The first kappa shape index (κ1) is 31.2. The number of likely N-dealkylation sites (tertiary alicyclic amines) is 1. The monoisotopic (exact) mass is 583 g/mol. The van der Waals surface area contributed by atoms with Crippen molar-refractivity contribution in [3.63, 3.8) is 0 Å². The van der Waals surface area contributed by atoms with E-state index in [1.807, 2.05) is 52.0 Å². The summed E-state index contributed by atoms with van der Waals surface area (Å²) in [7, 11) is 0. The molecule has 3 aliphatic rings. The molecule has 1 aromatic rings. The molecule has 1 spiro atoms. The van der Waals surface area contributed by atoms with Crippen LogP contribution in [0.15, 0.2) is 49.6 Å². The topological polar surface area (TPSA) is 90.4 Å². The predicted molar refractivity (Wildman–Crippen MR) is 164 cm³/mol. The molecule has 224 valence electrons. The van der Waals surface area contributed by atoms with Crippen molar-refractivity contribution in [2.45, 2.75) is 75.6 Å². The lowest BCUT2D eigenvalue weighted by atomic mass is 9.65. The Morgan fingerprint density at radius 2 is 1.83 bits per heavy atom. The largest absolute Gasteiger partial charge is 0.494 e. The van der Waals surface area contributed by atoms with Crippen molar-refractivity contribution in [3.05, 3.63) is 49.6 Å². The van der Waals surface area contributed by atoms with Crippen LogP contribution in [0, 0.1) is 17.8 Å². The quantitative estimate of drug-likeness (QED) is 0.394. The molecule has 0 saturated carbocycles. The number of ether oxygens (including phenoxy) is 1. The van der Waals surface area contributed by atoms with Gasteiger partial charge >= 0.3 is 0 Å². The van der Waals surface area contributed by atoms with Gasteiger partial charge in [-0.2, -0.15) is 0 Å². The van der Waals surface area contributed by atoms with E-state index in [9.17, 15) is 19.5 Å². The molecule has 0 aliphatic carbocycles. The standard InChI is InChI=1S/C32H45N3O5S/c1-9-16-33(22-12-14-23(15-13-22)40-11-3)28(37)25-24-18-20(4)32(41-24)26(25)29(38)35(21(5)19-36)27(32)30(39)34(17-10-2)31(6,7)8/h9-10,12-15,20-21,24-27,36H,1-2,11,16-19H2,3-8H3/t20?,21-,24+,25-,26+,27?,32?/m1/s1. The van der Waals surface area contributed by atoms with Gasteiger partial charge in [0.15, 0.2) is 0 Å². The molecule has 3 unspecified atom stereocenters. The SMILES string of the molecule is C=CCN(C(=O)[C@@H]1[C@@H]2CC(C)C3(S2)C(C(=O)N(CC=C)C(C)(C)C)N([C@H](C)CO)C(=O)[C@H]13)c1ccc(OCC)cc1. The Bertz CT molecular complexity index is 1180. The van der Waals surface area contributed by atoms with Crippen molar-refractivity contribution in [2.75, 3.05) is 31.2 Å². The van der Waals surface area contributed by atoms with Crippen molar-refractivity contribution in [2.24, 2.45) is 17.8 Å². The summed E-state index contributed by atoms with van der Waals surface area (Å²) in [5, 5.41) is 10.1. The molecular weight excluding hydrogens is 538 g/mol. The molecule has 2 bridgehead atoms. The Labute approximate surface area is 248 Å². The highest BCUT2D eigenvalue weighted by Gasteiger charge is 2.77. The third-order valence-corrected chi connectivity index (χ3v) is 10.9. The van der Waals surface area contributed by atoms with Gasteiger partial charge in [0.1, 0.15) is 11.8 Å². The fourth-order valence-corrected chi connectivity index (χ4v) is 9.47. The highest BCUT2D eigenvalue weighted by atomic mass is 32.2. The zero-order valence-corrected chi connectivity index (χ0v) is 26.0. The van der Waals surface area contributed by atoms with Crippen LogP contribution in [0.3, 0.4) is 0 Å². The Morgan fingerprint density at radius 3 is 2.37 bits per heavy atom. The zero-order valence-electron chi connectivity index (χ0n) is 25.2. The van der Waals surface area contributed by atoms with Gasteiger partial charge in [-0.1, -0.05) is 19.1 Å². The molecule has 1 N–H and O–H groups in total. The molecule has 3 aliphatic heterocycles. The number of rotatable bonds is 11. The van der Waals surface area contributed by atoms with Gasteiger partial charge in [-0.05, 0) is 71.2 Å². The molecule has 9 heteroatoms. The number of fused-ring (bicyclic) bond motifs is 1. The van der Waals surface area contributed by atoms with Gasteiger partial charge in [-0.15, -0.1) is 24.9 Å². The molecule has 4 rings (SSSR count). The van der Waals surface area contributed by atoms with Crippen molar-refractivity contribution in [3.8, 4) is 5.75 Å². The zero-order chi connectivity index (χ0) is 30.3. The minimum Gasteiger partial charge on any atom is -0.494 e. The maximum atomic E-state index is 14.5. The van der Waals surface area contributed by atoms with Crippen molar-refractivity contribution < 1.29 is 24.2 Å². The van der Waals surface area contributed by atoms with Crippen LogP contribution in [0.1, 0.15) is 48.0 Å². The smallest absolute Gasteiger partial charge is 0.247 e. The van der Waals surface area contributed by atoms with Gasteiger partial charge in [0.05, 0.1) is 35.8 Å². The highest BCUT2D eigenvalue weighted by Crippen LogP contribution is 2.69. The van der Waals surface area contributed by atoms with Gasteiger partial charge in [0.2, 0.25) is 17.7 Å². The maximum Gasteiger partial charge on any atom is 0.247 e. The van der Waals surface area contributed by atoms with Crippen LogP contribution in [0.25, 0.3) is 0 Å². The molecule has 41 heavy (non-hydrogen) atoms. The third-order valence-electron chi connectivity index (χ3n) is 8.87. The Hall–Kier alpha value is -2.78. The molecule has 1 aromatic carbocycles. The normalized spacial score (nSPS) is 29.2. The molecule has 3 amide bonds. The lowest BCUT2D eigenvalue weighted by Crippen LogP contribution is -2.61. The fraction of sp³-hybridized carbons (Fsp3) is 0.594. The number of amides is 3. The van der Waals surface area contributed by atoms with Crippen LogP contribution in [0.4, 0.5) is 5.69 Å². The van der Waals surface area contributed by atoms with E-state index in [0.29, 0.717) is 25.4 Å². The van der Waals surface area contributed by atoms with E-state index in [2.05, 4.69) is 20.1 Å². The Morgan fingerprint density at radius 1 is 1.20 bits per heavy atom. The van der Waals surface area contributed by atoms with Gasteiger partial charge in [0.25, 0.3) is 0 Å². The van der Waals surface area contributed by atoms with Crippen LogP contribution in [-0.4, -0.2) is 86.6 Å². The summed E-state index contributed by atoms with van der Waals surface area (Å²) in [6.45, 7) is 20.3. The second-order valence-corrected chi connectivity index (χ2v) is 14.0. The van der Waals surface area contributed by atoms with E-state index in [0.717, 1.165) is 12.2 Å². The van der Waals surface area contributed by atoms with Crippen LogP contribution in [-0.2, 0) is 14.4 Å². The van der Waals surface area contributed by atoms with E-state index in [-0.39, 0.29) is 35.5 Å². The summed E-state index contributed by atoms with van der Waals surface area (Å²) in [5.41, 5.74) is 0.197. The van der Waals surface area contributed by atoms with Gasteiger partial charge < -0.3 is 24.5 Å². The Balaban J connectivity index is 1.79. The second-order valence-electron chi connectivity index (χ2n) is 12.4. The lowest BCUT2D eigenvalue weighted by Gasteiger charge is -2.45. The predicted octanol–water partition coefficient (Wildman–Crippen LogP) is 4.14. The second kappa shape index (κ2) is 11.8. The van der Waals surface area contributed by atoms with Crippen LogP contribution in [0.5, 0.6) is 5.75 Å². The fourth-order valence-electron chi connectivity index (χ4n) is 7.07. The maximum absolute atomic E-state index is 14.5. The number of anilines is 1. The van der Waals surface area contributed by atoms with Crippen molar-refractivity contribution in [1.29, 1.82) is 0 Å². The minimum absolute atomic E-state index is 0.0317. The number of hydrogen-bond acceptors (Lipinski definition) is 6. The number of carbonyl (C=O) groups is 3. The van der Waals surface area contributed by atoms with E-state index in [1.54, 1.807) is 45.5 Å². The number of nitrogens with zero attached hydrogens (tertiary/aromatic N) is 3. The van der Waals surface area contributed by atoms with E-state index >= 15 is 0 Å². The number of hydrogen-bond donors (Lipinski definition) is 1. The molecule has 3 fully saturated rings. The molecule has 0 radical (unpaired) electrons. The first-order valence-corrected chi connectivity index (χ1v) is 15.4. The van der Waals surface area contributed by atoms with Gasteiger partial charge in [-0.3, -0.25) is 14.4 Å². The summed E-state index contributed by atoms with van der Waals surface area (Å²) in [4.78, 5) is 48.4. The van der Waals surface area contributed by atoms with Crippen molar-refractivity contribution in [1.82, 2.24) is 9.80 Å². The molecule has 3 heterocycles. The number of carbonyl (C=O) groups excluding carboxylic acids is 3. The van der Waals surface area contributed by atoms with Crippen LogP contribution in [0.2, 0.25) is 0 Å². The third kappa shape index (κ3) is 5.09. The minimum atomic E-state index is -0.789. The number of aliphatic hydroxyl groups excluding tert-OH is 1. The molecular formula is C32H45N3O5S. The number of benzene rings is 1. The van der Waals surface area contributed by atoms with E-state index < -0.39 is 34.2 Å². The summed E-state index contributed by atoms with van der Waals surface area (Å²) in [5.74, 6) is -1.03. The first-order chi connectivity index (χ1) is 19.4. The summed E-state index contributed by atoms with van der Waals surface area (Å²) < 4.78 is 4.81. The molecule has 7 atom stereocenters. The Kier molecular flexibility index (Phi) is 9.00. The van der Waals surface area contributed by atoms with Crippen LogP contribution >= 0.6 is 11.8 Å². The van der Waals surface area contributed by atoms with Gasteiger partial charge in [-0.25, -0.2) is 0 Å². The molecule has 3 saturated heterocycles. The average molecular weight is 584 g/mol. The summed E-state index contributed by atoms with van der Waals surface area (Å²) >= 11 is 1.64. The van der Waals surface area contributed by atoms with Gasteiger partial charge in [0, 0.05) is 29.6 Å². The molecule has 8 nitrogen and oxygen atoms in total. The lowest BCUT2D eigenvalue weighted by molar-refractivity contribution is -0.147. The molecule has 0 aromatic heterocycles. The van der Waals surface area contributed by atoms with Crippen molar-refractivity contribution >= 4 is 35.2 Å². The number of aliphatic hydroxyl groups is 1. The van der Waals surface area contributed by atoms with Crippen LogP contribution < -0.4 is 9.64 Å². The highest BCUT2D eigenvalue weighted by molar-refractivity contribution is 8.02. The summed E-state index contributed by atoms with van der Waals surface area (Å²) in [6.07, 6.45) is 4.12. The summed E-state index contributed by atoms with van der Waals surface area (Å²) in [6, 6.07) is 6.02. The van der Waals surface area contributed by atoms with E-state index in [4.69, 9.17) is 4.74 Å².